The van der Waals surface area contributed by atoms with Gasteiger partial charge in [0.15, 0.2) is 0 Å². The molecule has 0 saturated carbocycles. The van der Waals surface area contributed by atoms with Crippen molar-refractivity contribution in [1.82, 2.24) is 4.98 Å². The number of alkyl halides is 3. The standard InChI is InChI=1S/C13H10F3NO3S/c1-8-6-11(12(7-17-8)21(18,19)20)9-2-4-10(5-3-9)13(14,15)16/h2-7H,1H3,(H,18,19,20). The van der Waals surface area contributed by atoms with Gasteiger partial charge in [-0.05, 0) is 30.7 Å². The molecule has 0 unspecified atom stereocenters. The molecule has 2 aromatic rings. The summed E-state index contributed by atoms with van der Waals surface area (Å²) in [6, 6.07) is 5.36. The van der Waals surface area contributed by atoms with Crippen LogP contribution in [0.3, 0.4) is 0 Å². The highest BCUT2D eigenvalue weighted by Gasteiger charge is 2.30. The Kier molecular flexibility index (Phi) is 3.77. The highest BCUT2D eigenvalue weighted by Crippen LogP contribution is 2.32. The average molecular weight is 317 g/mol. The van der Waals surface area contributed by atoms with E-state index in [0.717, 1.165) is 30.5 Å². The van der Waals surface area contributed by atoms with Gasteiger partial charge in [-0.3, -0.25) is 9.54 Å². The smallest absolute Gasteiger partial charge is 0.282 e. The van der Waals surface area contributed by atoms with Crippen LogP contribution in [-0.2, 0) is 16.3 Å². The molecule has 0 amide bonds. The second kappa shape index (κ2) is 5.12. The Morgan fingerprint density at radius 2 is 1.71 bits per heavy atom. The lowest BCUT2D eigenvalue weighted by Gasteiger charge is -2.10. The van der Waals surface area contributed by atoms with Crippen molar-refractivity contribution < 1.29 is 26.1 Å². The van der Waals surface area contributed by atoms with Gasteiger partial charge < -0.3 is 0 Å². The minimum atomic E-state index is -4.52. The van der Waals surface area contributed by atoms with Gasteiger partial charge in [-0.25, -0.2) is 0 Å². The molecule has 0 spiro atoms. The Labute approximate surface area is 119 Å². The lowest BCUT2D eigenvalue weighted by molar-refractivity contribution is -0.137. The molecule has 0 radical (unpaired) electrons. The zero-order valence-corrected chi connectivity index (χ0v) is 11.5. The Morgan fingerprint density at radius 3 is 2.19 bits per heavy atom. The fourth-order valence-electron chi connectivity index (χ4n) is 1.82. The lowest BCUT2D eigenvalue weighted by Crippen LogP contribution is -2.05. The molecule has 0 saturated heterocycles. The number of pyridine rings is 1. The molecule has 0 aliphatic heterocycles. The first-order chi connectivity index (χ1) is 9.59. The van der Waals surface area contributed by atoms with E-state index in [2.05, 4.69) is 4.98 Å². The fourth-order valence-corrected chi connectivity index (χ4v) is 2.46. The van der Waals surface area contributed by atoms with Crippen molar-refractivity contribution in [3.8, 4) is 11.1 Å². The van der Waals surface area contributed by atoms with Crippen molar-refractivity contribution in [2.24, 2.45) is 0 Å². The Hall–Kier alpha value is -1.93. The molecule has 1 aromatic carbocycles. The maximum Gasteiger partial charge on any atom is 0.416 e. The van der Waals surface area contributed by atoms with E-state index in [9.17, 15) is 21.6 Å². The van der Waals surface area contributed by atoms with Crippen LogP contribution in [0.5, 0.6) is 0 Å². The van der Waals surface area contributed by atoms with Crippen molar-refractivity contribution in [1.29, 1.82) is 0 Å². The van der Waals surface area contributed by atoms with Crippen LogP contribution in [0.2, 0.25) is 0 Å². The summed E-state index contributed by atoms with van der Waals surface area (Å²) >= 11 is 0. The van der Waals surface area contributed by atoms with E-state index in [1.165, 1.54) is 6.07 Å². The molecule has 4 nitrogen and oxygen atoms in total. The fraction of sp³-hybridized carbons (Fsp3) is 0.154. The monoisotopic (exact) mass is 317 g/mol. The summed E-state index contributed by atoms with van der Waals surface area (Å²) in [6.07, 6.45) is -3.50. The molecule has 0 aliphatic rings. The molecule has 0 bridgehead atoms. The first kappa shape index (κ1) is 15.5. The third kappa shape index (κ3) is 3.40. The zero-order valence-electron chi connectivity index (χ0n) is 10.7. The second-order valence-corrected chi connectivity index (χ2v) is 5.76. The summed E-state index contributed by atoms with van der Waals surface area (Å²) in [5.74, 6) is 0. The quantitative estimate of drug-likeness (QED) is 0.863. The van der Waals surface area contributed by atoms with Gasteiger partial charge in [0.1, 0.15) is 4.90 Å². The molecule has 0 aliphatic carbocycles. The number of nitrogens with zero attached hydrogens (tertiary/aromatic N) is 1. The summed E-state index contributed by atoms with van der Waals surface area (Å²) in [5.41, 5.74) is -0.0393. The number of aryl methyl sites for hydroxylation is 1. The van der Waals surface area contributed by atoms with E-state index in [1.54, 1.807) is 6.92 Å². The SMILES string of the molecule is Cc1cc(-c2ccc(C(F)(F)F)cc2)c(S(=O)(=O)O)cn1. The first-order valence-electron chi connectivity index (χ1n) is 5.71. The molecule has 8 heteroatoms. The molecular weight excluding hydrogens is 307 g/mol. The Morgan fingerprint density at radius 1 is 1.14 bits per heavy atom. The van der Waals surface area contributed by atoms with Gasteiger partial charge >= 0.3 is 6.18 Å². The lowest BCUT2D eigenvalue weighted by atomic mass is 10.0. The van der Waals surface area contributed by atoms with E-state index in [0.29, 0.717) is 5.69 Å². The van der Waals surface area contributed by atoms with Crippen LogP contribution in [0, 0.1) is 6.92 Å². The summed E-state index contributed by atoms with van der Waals surface area (Å²) in [5, 5.41) is 0. The largest absolute Gasteiger partial charge is 0.416 e. The summed E-state index contributed by atoms with van der Waals surface area (Å²) in [4.78, 5) is 3.32. The van der Waals surface area contributed by atoms with Gasteiger partial charge in [0, 0.05) is 17.5 Å². The Balaban J connectivity index is 2.59. The van der Waals surface area contributed by atoms with Crippen molar-refractivity contribution in [3.63, 3.8) is 0 Å². The number of halogens is 3. The van der Waals surface area contributed by atoms with Crippen LogP contribution in [-0.4, -0.2) is 18.0 Å². The van der Waals surface area contributed by atoms with Crippen LogP contribution in [0.4, 0.5) is 13.2 Å². The molecule has 21 heavy (non-hydrogen) atoms. The van der Waals surface area contributed by atoms with Gasteiger partial charge in [-0.15, -0.1) is 0 Å². The number of hydrogen-bond donors (Lipinski definition) is 1. The minimum absolute atomic E-state index is 0.0960. The predicted octanol–water partition coefficient (Wildman–Crippen LogP) is 3.32. The summed E-state index contributed by atoms with van der Waals surface area (Å²) in [7, 11) is -4.52. The molecule has 1 heterocycles. The predicted molar refractivity (Wildman–Crippen MR) is 69.2 cm³/mol. The van der Waals surface area contributed by atoms with E-state index in [4.69, 9.17) is 4.55 Å². The third-order valence-electron chi connectivity index (χ3n) is 2.81. The topological polar surface area (TPSA) is 67.3 Å². The number of hydrogen-bond acceptors (Lipinski definition) is 3. The van der Waals surface area contributed by atoms with Crippen molar-refractivity contribution in [3.05, 3.63) is 47.8 Å². The Bertz CT molecular complexity index is 768. The first-order valence-corrected chi connectivity index (χ1v) is 7.15. The molecule has 1 aromatic heterocycles. The maximum absolute atomic E-state index is 12.5. The zero-order chi connectivity index (χ0) is 15.8. The average Bonchev–Trinajstić information content (AvgIpc) is 2.36. The molecule has 2 rings (SSSR count). The van der Waals surface area contributed by atoms with Crippen LogP contribution in [0.25, 0.3) is 11.1 Å². The third-order valence-corrected chi connectivity index (χ3v) is 3.69. The maximum atomic E-state index is 12.5. The van der Waals surface area contributed by atoms with Crippen LogP contribution in [0.1, 0.15) is 11.3 Å². The summed E-state index contributed by atoms with van der Waals surface area (Å²) < 4.78 is 69.3. The van der Waals surface area contributed by atoms with Crippen molar-refractivity contribution in [2.45, 2.75) is 18.0 Å². The van der Waals surface area contributed by atoms with Crippen molar-refractivity contribution >= 4 is 10.1 Å². The number of aromatic nitrogens is 1. The highest BCUT2D eigenvalue weighted by molar-refractivity contribution is 7.86. The normalized spacial score (nSPS) is 12.4. The van der Waals surface area contributed by atoms with Gasteiger partial charge in [-0.1, -0.05) is 12.1 Å². The molecule has 0 atom stereocenters. The van der Waals surface area contributed by atoms with E-state index >= 15 is 0 Å². The van der Waals surface area contributed by atoms with Crippen molar-refractivity contribution in [2.75, 3.05) is 0 Å². The van der Waals surface area contributed by atoms with Crippen LogP contribution in [0.15, 0.2) is 41.4 Å². The van der Waals surface area contributed by atoms with Gasteiger partial charge in [0.05, 0.1) is 5.56 Å². The van der Waals surface area contributed by atoms with Gasteiger partial charge in [0.25, 0.3) is 10.1 Å². The van der Waals surface area contributed by atoms with Crippen LogP contribution < -0.4 is 0 Å². The molecular formula is C13H10F3NO3S. The minimum Gasteiger partial charge on any atom is -0.282 e. The number of rotatable bonds is 2. The molecule has 112 valence electrons. The number of benzene rings is 1. The molecule has 1 N–H and O–H groups in total. The summed E-state index contributed by atoms with van der Waals surface area (Å²) in [6.45, 7) is 1.60. The van der Waals surface area contributed by atoms with Gasteiger partial charge in [0.2, 0.25) is 0 Å². The van der Waals surface area contributed by atoms with E-state index in [-0.39, 0.29) is 11.1 Å². The highest BCUT2D eigenvalue weighted by atomic mass is 32.2. The van der Waals surface area contributed by atoms with E-state index < -0.39 is 26.8 Å². The second-order valence-electron chi connectivity index (χ2n) is 4.37. The molecule has 0 fully saturated rings. The van der Waals surface area contributed by atoms with Crippen LogP contribution >= 0.6 is 0 Å². The van der Waals surface area contributed by atoms with E-state index in [1.807, 2.05) is 0 Å². The van der Waals surface area contributed by atoms with Gasteiger partial charge in [-0.2, -0.15) is 21.6 Å².